The Kier molecular flexibility index (Phi) is 10.6. The first kappa shape index (κ1) is 28.7. The predicted molar refractivity (Wildman–Crippen MR) is 153 cm³/mol. The number of hydrogen-bond acceptors (Lipinski definition) is 4. The van der Waals surface area contributed by atoms with Crippen molar-refractivity contribution < 1.29 is 0 Å². The highest BCUT2D eigenvalue weighted by atomic mass is 35.5. The number of halogens is 3. The lowest BCUT2D eigenvalue weighted by atomic mass is 9.90. The van der Waals surface area contributed by atoms with E-state index in [1.165, 1.54) is 5.56 Å². The topological polar surface area (TPSA) is 99.7 Å². The van der Waals surface area contributed by atoms with Crippen LogP contribution in [0.2, 0.25) is 5.02 Å². The first-order valence-electron chi connectivity index (χ1n) is 11.5. The minimum Gasteiger partial charge on any atom is -0.370 e. The summed E-state index contributed by atoms with van der Waals surface area (Å²) in [4.78, 5) is 9.69. The van der Waals surface area contributed by atoms with Gasteiger partial charge in [-0.05, 0) is 60.2 Å². The molecule has 3 aromatic rings. The van der Waals surface area contributed by atoms with Gasteiger partial charge in [-0.2, -0.15) is 0 Å². The molecular weight excluding hydrogens is 503 g/mol. The molecule has 5 N–H and O–H groups in total. The molecule has 0 saturated heterocycles. The summed E-state index contributed by atoms with van der Waals surface area (Å²) >= 11 is 6.00. The van der Waals surface area contributed by atoms with Crippen molar-refractivity contribution in [1.82, 2.24) is 15.3 Å². The standard InChI is InChI=1S/C26H31ClN6.2ClH/c1-16(2)18-10-13-21-20(15-18)25(31-22-5-3-4-6-23(22)32-26(28)29)33-24(30-21)14-9-17-7-11-19(27)12-8-17;;/h7-16,22-23H,3-6H2,1-2H3,(H4,28,29,32)(H,30,31,33);2*1H/t22-,23+;;/m0../s1. The van der Waals surface area contributed by atoms with Gasteiger partial charge in [0.15, 0.2) is 11.8 Å². The van der Waals surface area contributed by atoms with Crippen molar-refractivity contribution in [1.29, 1.82) is 5.41 Å². The van der Waals surface area contributed by atoms with Crippen LogP contribution in [-0.4, -0.2) is 28.0 Å². The fraction of sp³-hybridized carbons (Fsp3) is 0.346. The number of nitrogens with two attached hydrogens (primary N) is 1. The SMILES string of the molecule is CC(C)c1ccc2nc(C=Cc3ccc(Cl)cc3)nc(N[C@H]3CCCC[C@H]3NC(=N)N)c2c1.Cl.Cl. The molecule has 1 saturated carbocycles. The molecule has 0 aliphatic heterocycles. The van der Waals surface area contributed by atoms with Gasteiger partial charge in [0.05, 0.1) is 5.52 Å². The Labute approximate surface area is 224 Å². The van der Waals surface area contributed by atoms with E-state index in [9.17, 15) is 0 Å². The fourth-order valence-corrected chi connectivity index (χ4v) is 4.43. The Morgan fingerprint density at radius 3 is 2.37 bits per heavy atom. The van der Waals surface area contributed by atoms with Crippen LogP contribution in [0.1, 0.15) is 62.4 Å². The molecule has 1 fully saturated rings. The van der Waals surface area contributed by atoms with E-state index in [4.69, 9.17) is 32.7 Å². The van der Waals surface area contributed by atoms with Gasteiger partial charge in [-0.15, -0.1) is 24.8 Å². The van der Waals surface area contributed by atoms with Crippen molar-refractivity contribution in [2.45, 2.75) is 57.5 Å². The third kappa shape index (κ3) is 7.47. The summed E-state index contributed by atoms with van der Waals surface area (Å²) < 4.78 is 0. The summed E-state index contributed by atoms with van der Waals surface area (Å²) in [7, 11) is 0. The highest BCUT2D eigenvalue weighted by molar-refractivity contribution is 6.30. The van der Waals surface area contributed by atoms with E-state index in [-0.39, 0.29) is 42.9 Å². The molecule has 0 spiro atoms. The lowest BCUT2D eigenvalue weighted by Crippen LogP contribution is -2.50. The molecule has 0 amide bonds. The Morgan fingerprint density at radius 1 is 1.03 bits per heavy atom. The number of fused-ring (bicyclic) bond motifs is 1. The van der Waals surface area contributed by atoms with E-state index in [2.05, 4.69) is 42.7 Å². The van der Waals surface area contributed by atoms with E-state index in [0.717, 1.165) is 48.0 Å². The minimum atomic E-state index is 0. The molecule has 2 aromatic carbocycles. The Hall–Kier alpha value is -2.54. The van der Waals surface area contributed by atoms with Crippen molar-refractivity contribution >= 4 is 71.2 Å². The summed E-state index contributed by atoms with van der Waals surface area (Å²) in [5.74, 6) is 1.88. The smallest absolute Gasteiger partial charge is 0.185 e. The molecular formula is C26H33Cl3N6. The highest BCUT2D eigenvalue weighted by Gasteiger charge is 2.26. The van der Waals surface area contributed by atoms with Crippen LogP contribution in [0.3, 0.4) is 0 Å². The molecule has 0 unspecified atom stereocenters. The molecule has 188 valence electrons. The van der Waals surface area contributed by atoms with Crippen LogP contribution in [0.5, 0.6) is 0 Å². The number of guanidine groups is 1. The molecule has 1 aromatic heterocycles. The number of benzene rings is 2. The Morgan fingerprint density at radius 2 is 1.71 bits per heavy atom. The maximum Gasteiger partial charge on any atom is 0.185 e. The Bertz CT molecular complexity index is 1160. The molecule has 1 aliphatic carbocycles. The van der Waals surface area contributed by atoms with E-state index >= 15 is 0 Å². The minimum absolute atomic E-state index is 0. The molecule has 2 atom stereocenters. The quantitative estimate of drug-likeness (QED) is 0.210. The second-order valence-corrected chi connectivity index (χ2v) is 9.38. The molecule has 9 heteroatoms. The maximum absolute atomic E-state index is 7.69. The lowest BCUT2D eigenvalue weighted by molar-refractivity contribution is 0.377. The first-order chi connectivity index (χ1) is 15.9. The largest absolute Gasteiger partial charge is 0.370 e. The van der Waals surface area contributed by atoms with Gasteiger partial charge in [0.25, 0.3) is 0 Å². The van der Waals surface area contributed by atoms with Crippen LogP contribution in [0.4, 0.5) is 5.82 Å². The number of rotatable bonds is 6. The van der Waals surface area contributed by atoms with Crippen molar-refractivity contribution in [3.63, 3.8) is 0 Å². The molecule has 35 heavy (non-hydrogen) atoms. The van der Waals surface area contributed by atoms with Gasteiger partial charge < -0.3 is 16.4 Å². The molecule has 0 bridgehead atoms. The van der Waals surface area contributed by atoms with Crippen LogP contribution in [0.15, 0.2) is 42.5 Å². The molecule has 1 aliphatic rings. The molecule has 4 rings (SSSR count). The number of nitrogens with one attached hydrogen (secondary N) is 3. The highest BCUT2D eigenvalue weighted by Crippen LogP contribution is 2.29. The normalized spacial score (nSPS) is 17.6. The molecule has 6 nitrogen and oxygen atoms in total. The molecule has 1 heterocycles. The third-order valence-electron chi connectivity index (χ3n) is 6.13. The van der Waals surface area contributed by atoms with Crippen LogP contribution in [0, 0.1) is 5.41 Å². The molecule has 0 radical (unpaired) electrons. The van der Waals surface area contributed by atoms with Gasteiger partial charge in [-0.25, -0.2) is 9.97 Å². The number of aromatic nitrogens is 2. The number of hydrogen-bond donors (Lipinski definition) is 4. The summed E-state index contributed by atoms with van der Waals surface area (Å²) in [6.45, 7) is 4.37. The second-order valence-electron chi connectivity index (χ2n) is 8.95. The number of nitrogens with zero attached hydrogens (tertiary/aromatic N) is 2. The third-order valence-corrected chi connectivity index (χ3v) is 6.38. The zero-order valence-corrected chi connectivity index (χ0v) is 22.3. The lowest BCUT2D eigenvalue weighted by Gasteiger charge is -2.33. The first-order valence-corrected chi connectivity index (χ1v) is 11.9. The zero-order chi connectivity index (χ0) is 23.4. The van der Waals surface area contributed by atoms with Gasteiger partial charge in [0.1, 0.15) is 5.82 Å². The van der Waals surface area contributed by atoms with Crippen LogP contribution in [0.25, 0.3) is 23.1 Å². The predicted octanol–water partition coefficient (Wildman–Crippen LogP) is 6.63. The van der Waals surface area contributed by atoms with Crippen molar-refractivity contribution in [3.8, 4) is 0 Å². The average Bonchev–Trinajstić information content (AvgIpc) is 2.79. The van der Waals surface area contributed by atoms with Crippen molar-refractivity contribution in [3.05, 3.63) is 64.4 Å². The van der Waals surface area contributed by atoms with Gasteiger partial charge in [0, 0.05) is 22.5 Å². The summed E-state index contributed by atoms with van der Waals surface area (Å²) in [6, 6.07) is 14.3. The Balaban J connectivity index is 0.00000216. The van der Waals surface area contributed by atoms with Gasteiger partial charge in [-0.1, -0.05) is 62.6 Å². The van der Waals surface area contributed by atoms with Crippen molar-refractivity contribution in [2.24, 2.45) is 5.73 Å². The van der Waals surface area contributed by atoms with E-state index in [1.54, 1.807) is 0 Å². The second kappa shape index (κ2) is 13.0. The van der Waals surface area contributed by atoms with Crippen LogP contribution in [-0.2, 0) is 0 Å². The van der Waals surface area contributed by atoms with Gasteiger partial charge in [0.2, 0.25) is 0 Å². The van der Waals surface area contributed by atoms with Gasteiger partial charge in [-0.3, -0.25) is 5.41 Å². The summed E-state index contributed by atoms with van der Waals surface area (Å²) in [6.07, 6.45) is 8.15. The van der Waals surface area contributed by atoms with E-state index < -0.39 is 0 Å². The van der Waals surface area contributed by atoms with Crippen LogP contribution >= 0.6 is 36.4 Å². The number of anilines is 1. The summed E-state index contributed by atoms with van der Waals surface area (Å²) in [5, 5.41) is 16.2. The maximum atomic E-state index is 7.69. The fourth-order valence-electron chi connectivity index (χ4n) is 4.30. The monoisotopic (exact) mass is 534 g/mol. The van der Waals surface area contributed by atoms with Crippen molar-refractivity contribution in [2.75, 3.05) is 5.32 Å². The summed E-state index contributed by atoms with van der Waals surface area (Å²) in [5.41, 5.74) is 8.84. The zero-order valence-electron chi connectivity index (χ0n) is 19.9. The van der Waals surface area contributed by atoms with Gasteiger partial charge >= 0.3 is 0 Å². The van der Waals surface area contributed by atoms with E-state index in [0.29, 0.717) is 16.8 Å². The van der Waals surface area contributed by atoms with Crippen LogP contribution < -0.4 is 16.4 Å². The van der Waals surface area contributed by atoms with E-state index in [1.807, 2.05) is 36.4 Å². The average molecular weight is 536 g/mol.